The highest BCUT2D eigenvalue weighted by Gasteiger charge is 2.23. The van der Waals surface area contributed by atoms with Crippen LogP contribution in [0.5, 0.6) is 17.2 Å². The van der Waals surface area contributed by atoms with Crippen LogP contribution in [0.2, 0.25) is 0 Å². The molecule has 0 spiro atoms. The van der Waals surface area contributed by atoms with Gasteiger partial charge in [0.05, 0.1) is 26.9 Å². The number of nitrogens with zero attached hydrogens (tertiary/aromatic N) is 1. The second-order valence-electron chi connectivity index (χ2n) is 4.74. The molecule has 2 rings (SSSR count). The van der Waals surface area contributed by atoms with Gasteiger partial charge in [-0.25, -0.2) is 14.6 Å². The Morgan fingerprint density at radius 1 is 0.920 bits per heavy atom. The van der Waals surface area contributed by atoms with E-state index in [1.54, 1.807) is 6.07 Å². The molecule has 0 radical (unpaired) electrons. The third-order valence-corrected chi connectivity index (χ3v) is 4.10. The number of halogens is 1. The third-order valence-electron chi connectivity index (χ3n) is 3.35. The minimum atomic E-state index is -1.35. The van der Waals surface area contributed by atoms with E-state index in [-0.39, 0.29) is 5.56 Å². The van der Waals surface area contributed by atoms with Crippen LogP contribution in [0, 0.1) is 0 Å². The molecule has 1 aromatic heterocycles. The quantitative estimate of drug-likeness (QED) is 0.744. The highest BCUT2D eigenvalue weighted by Crippen LogP contribution is 2.48. The molecule has 0 aliphatic carbocycles. The number of rotatable bonds is 6. The van der Waals surface area contributed by atoms with Gasteiger partial charge in [-0.3, -0.25) is 0 Å². The Morgan fingerprint density at radius 3 is 1.84 bits per heavy atom. The molecule has 1 aromatic carbocycles. The summed E-state index contributed by atoms with van der Waals surface area (Å²) in [5.41, 5.74) is -0.191. The van der Waals surface area contributed by atoms with E-state index in [1.807, 2.05) is 0 Å². The molecule has 25 heavy (non-hydrogen) atoms. The summed E-state index contributed by atoms with van der Waals surface area (Å²) in [4.78, 5) is 26.2. The van der Waals surface area contributed by atoms with Crippen molar-refractivity contribution in [2.24, 2.45) is 0 Å². The molecule has 1 heterocycles. The highest BCUT2D eigenvalue weighted by atomic mass is 79.9. The predicted octanol–water partition coefficient (Wildman–Crippen LogP) is 2.93. The zero-order chi connectivity index (χ0) is 18.7. The average Bonchev–Trinajstić information content (AvgIpc) is 2.60. The summed E-state index contributed by atoms with van der Waals surface area (Å²) >= 11 is 3.35. The van der Waals surface area contributed by atoms with Crippen molar-refractivity contribution >= 4 is 27.9 Å². The lowest BCUT2D eigenvalue weighted by molar-refractivity contribution is 0.0685. The van der Waals surface area contributed by atoms with Gasteiger partial charge in [0.1, 0.15) is 33.1 Å². The van der Waals surface area contributed by atoms with Crippen LogP contribution in [0.4, 0.5) is 0 Å². The Bertz CT molecular complexity index is 819. The number of carboxylic acids is 2. The summed E-state index contributed by atoms with van der Waals surface area (Å²) in [6.45, 7) is 0. The molecule has 2 aromatic rings. The second kappa shape index (κ2) is 7.39. The minimum Gasteiger partial charge on any atom is -0.496 e. The first-order valence-electron chi connectivity index (χ1n) is 6.81. The summed E-state index contributed by atoms with van der Waals surface area (Å²) in [7, 11) is 4.30. The van der Waals surface area contributed by atoms with Crippen LogP contribution in [0.15, 0.2) is 22.7 Å². The van der Waals surface area contributed by atoms with E-state index in [1.165, 1.54) is 33.5 Å². The van der Waals surface area contributed by atoms with Crippen LogP contribution in [0.1, 0.15) is 21.0 Å². The van der Waals surface area contributed by atoms with Gasteiger partial charge < -0.3 is 24.4 Å². The summed E-state index contributed by atoms with van der Waals surface area (Å²) in [6, 6.07) is 4.06. The molecule has 132 valence electrons. The van der Waals surface area contributed by atoms with Gasteiger partial charge in [0.2, 0.25) is 0 Å². The molecule has 9 heteroatoms. The number of hydrogen-bond acceptors (Lipinski definition) is 6. The largest absolute Gasteiger partial charge is 0.496 e. The normalized spacial score (nSPS) is 10.2. The second-order valence-corrected chi connectivity index (χ2v) is 5.53. The van der Waals surface area contributed by atoms with E-state index >= 15 is 0 Å². The number of carboxylic acid groups (broad SMARTS) is 2. The Morgan fingerprint density at radius 2 is 1.44 bits per heavy atom. The lowest BCUT2D eigenvalue weighted by atomic mass is 10.0. The lowest BCUT2D eigenvalue weighted by Crippen LogP contribution is -2.08. The third kappa shape index (κ3) is 3.50. The summed E-state index contributed by atoms with van der Waals surface area (Å²) in [5, 5.41) is 18.4. The van der Waals surface area contributed by atoms with Gasteiger partial charge >= 0.3 is 11.9 Å². The molecular weight excluding hydrogens is 398 g/mol. The van der Waals surface area contributed by atoms with Crippen LogP contribution >= 0.6 is 15.9 Å². The van der Waals surface area contributed by atoms with Crippen molar-refractivity contribution in [2.45, 2.75) is 0 Å². The van der Waals surface area contributed by atoms with Gasteiger partial charge in [-0.15, -0.1) is 0 Å². The van der Waals surface area contributed by atoms with Crippen LogP contribution in [0.25, 0.3) is 11.1 Å². The molecular formula is C16H14BrNO7. The zero-order valence-electron chi connectivity index (χ0n) is 13.5. The lowest BCUT2D eigenvalue weighted by Gasteiger charge is -2.18. The Labute approximate surface area is 151 Å². The van der Waals surface area contributed by atoms with E-state index in [0.29, 0.717) is 27.3 Å². The molecule has 0 saturated carbocycles. The van der Waals surface area contributed by atoms with E-state index in [4.69, 9.17) is 14.2 Å². The fourth-order valence-electron chi connectivity index (χ4n) is 2.26. The SMILES string of the molecule is COc1cc(OC)c(-c2cc(C(=O)O)nc(C(=O)O)c2)c(OC)c1Br. The van der Waals surface area contributed by atoms with Gasteiger partial charge in [-0.1, -0.05) is 0 Å². The maximum absolute atomic E-state index is 11.3. The Balaban J connectivity index is 2.87. The standard InChI is InChI=1S/C16H14BrNO7/c1-23-10-6-11(24-2)13(17)14(25-3)12(10)7-4-8(15(19)20)18-9(5-7)16(21)22/h4-6H,1-3H3,(H,19,20)(H,21,22). The number of benzene rings is 1. The first-order chi connectivity index (χ1) is 11.8. The molecule has 2 N–H and O–H groups in total. The van der Waals surface area contributed by atoms with Crippen molar-refractivity contribution in [1.29, 1.82) is 0 Å². The Hall–Kier alpha value is -2.81. The number of aromatic nitrogens is 1. The van der Waals surface area contributed by atoms with Crippen LogP contribution in [0.3, 0.4) is 0 Å². The van der Waals surface area contributed by atoms with E-state index < -0.39 is 23.3 Å². The fourth-order valence-corrected chi connectivity index (χ4v) is 2.89. The van der Waals surface area contributed by atoms with Crippen LogP contribution in [-0.4, -0.2) is 48.5 Å². The van der Waals surface area contributed by atoms with Crippen LogP contribution < -0.4 is 14.2 Å². The molecule has 0 bridgehead atoms. The fraction of sp³-hybridized carbons (Fsp3) is 0.188. The molecule has 0 fully saturated rings. The molecule has 0 atom stereocenters. The summed E-state index contributed by atoms with van der Waals surface area (Å²) in [6.07, 6.45) is 0. The maximum atomic E-state index is 11.3. The van der Waals surface area contributed by atoms with Crippen molar-refractivity contribution in [2.75, 3.05) is 21.3 Å². The highest BCUT2D eigenvalue weighted by molar-refractivity contribution is 9.10. The maximum Gasteiger partial charge on any atom is 0.354 e. The Kier molecular flexibility index (Phi) is 5.48. The van der Waals surface area contributed by atoms with Gasteiger partial charge in [-0.05, 0) is 33.6 Å². The number of aromatic carboxylic acids is 2. The molecule has 0 unspecified atom stereocenters. The number of methoxy groups -OCH3 is 3. The topological polar surface area (TPSA) is 115 Å². The van der Waals surface area contributed by atoms with Gasteiger partial charge in [0, 0.05) is 6.07 Å². The minimum absolute atomic E-state index is 0.266. The van der Waals surface area contributed by atoms with E-state index in [2.05, 4.69) is 20.9 Å². The molecule has 0 amide bonds. The smallest absolute Gasteiger partial charge is 0.354 e. The monoisotopic (exact) mass is 411 g/mol. The number of carbonyl (C=O) groups is 2. The number of ether oxygens (including phenoxy) is 3. The van der Waals surface area contributed by atoms with Gasteiger partial charge in [0.15, 0.2) is 0 Å². The van der Waals surface area contributed by atoms with Crippen LogP contribution in [-0.2, 0) is 0 Å². The summed E-state index contributed by atoms with van der Waals surface area (Å²) < 4.78 is 16.4. The first kappa shape index (κ1) is 18.5. The van der Waals surface area contributed by atoms with Crippen molar-refractivity contribution in [3.63, 3.8) is 0 Å². The zero-order valence-corrected chi connectivity index (χ0v) is 15.1. The van der Waals surface area contributed by atoms with Crippen molar-refractivity contribution < 1.29 is 34.0 Å². The molecule has 0 aliphatic heterocycles. The molecule has 8 nitrogen and oxygen atoms in total. The molecule has 0 saturated heterocycles. The van der Waals surface area contributed by atoms with Crippen molar-refractivity contribution in [3.05, 3.63) is 34.1 Å². The van der Waals surface area contributed by atoms with Crippen molar-refractivity contribution in [3.8, 4) is 28.4 Å². The van der Waals surface area contributed by atoms with E-state index in [9.17, 15) is 19.8 Å². The number of hydrogen-bond donors (Lipinski definition) is 2. The number of pyridine rings is 1. The molecule has 0 aliphatic rings. The van der Waals surface area contributed by atoms with E-state index in [0.717, 1.165) is 0 Å². The first-order valence-corrected chi connectivity index (χ1v) is 7.60. The average molecular weight is 412 g/mol. The van der Waals surface area contributed by atoms with Gasteiger partial charge in [0.25, 0.3) is 0 Å². The van der Waals surface area contributed by atoms with Gasteiger partial charge in [-0.2, -0.15) is 0 Å². The summed E-state index contributed by atoms with van der Waals surface area (Å²) in [5.74, 6) is -1.65. The van der Waals surface area contributed by atoms with Crippen molar-refractivity contribution in [1.82, 2.24) is 4.98 Å². The predicted molar refractivity (Wildman–Crippen MR) is 90.9 cm³/mol.